The molecule has 1 heterocycles. The van der Waals surface area contributed by atoms with E-state index >= 15 is 0 Å². The highest BCUT2D eigenvalue weighted by molar-refractivity contribution is 6.04. The molecule has 0 fully saturated rings. The average Bonchev–Trinajstić information content (AvgIpc) is 3.00. The molecule has 0 unspecified atom stereocenters. The van der Waals surface area contributed by atoms with Crippen LogP contribution in [0.15, 0.2) is 24.3 Å². The molecule has 0 radical (unpaired) electrons. The molecule has 1 aromatic heterocycles. The molecule has 0 aliphatic heterocycles. The van der Waals surface area contributed by atoms with E-state index in [4.69, 9.17) is 18.9 Å². The van der Waals surface area contributed by atoms with Gasteiger partial charge in [0.1, 0.15) is 0 Å². The zero-order chi connectivity index (χ0) is 21.6. The van der Waals surface area contributed by atoms with Gasteiger partial charge in [-0.15, -0.1) is 0 Å². The Balaban J connectivity index is 2.02. The van der Waals surface area contributed by atoms with Crippen molar-refractivity contribution in [3.8, 4) is 11.5 Å². The number of carbonyl (C=O) groups is 3. The number of hydrogen-bond donors (Lipinski definition) is 1. The Labute approximate surface area is 169 Å². The van der Waals surface area contributed by atoms with Crippen molar-refractivity contribution in [2.24, 2.45) is 0 Å². The van der Waals surface area contributed by atoms with Crippen LogP contribution in [0.5, 0.6) is 11.5 Å². The molecule has 1 aromatic carbocycles. The predicted octanol–water partition coefficient (Wildman–Crippen LogP) is 3.01. The normalized spacial score (nSPS) is 11.5. The lowest BCUT2D eigenvalue weighted by Crippen LogP contribution is -2.28. The Morgan fingerprint density at radius 1 is 1.10 bits per heavy atom. The van der Waals surface area contributed by atoms with E-state index in [2.05, 4.69) is 4.98 Å². The van der Waals surface area contributed by atoms with Gasteiger partial charge in [-0.3, -0.25) is 4.79 Å². The largest absolute Gasteiger partial charge is 0.493 e. The minimum absolute atomic E-state index is 0.205. The van der Waals surface area contributed by atoms with Crippen molar-refractivity contribution in [1.82, 2.24) is 4.98 Å². The van der Waals surface area contributed by atoms with Crippen LogP contribution < -0.4 is 9.47 Å². The number of ether oxygens (including phenoxy) is 4. The van der Waals surface area contributed by atoms with Crippen molar-refractivity contribution >= 4 is 17.7 Å². The van der Waals surface area contributed by atoms with Crippen LogP contribution in [0.25, 0.3) is 0 Å². The van der Waals surface area contributed by atoms with Crippen LogP contribution in [-0.4, -0.2) is 49.1 Å². The molecule has 1 atom stereocenters. The average molecular weight is 403 g/mol. The zero-order valence-electron chi connectivity index (χ0n) is 17.2. The third-order valence-corrected chi connectivity index (χ3v) is 4.26. The Kier molecular flexibility index (Phi) is 7.41. The number of methoxy groups -OCH3 is 1. The first-order chi connectivity index (χ1) is 13.8. The van der Waals surface area contributed by atoms with Gasteiger partial charge in [0.25, 0.3) is 0 Å². The fourth-order valence-electron chi connectivity index (χ4n) is 2.87. The molecule has 156 valence electrons. The van der Waals surface area contributed by atoms with Crippen LogP contribution >= 0.6 is 0 Å². The van der Waals surface area contributed by atoms with Gasteiger partial charge in [-0.1, -0.05) is 12.1 Å². The number of hydrogen-bond acceptors (Lipinski definition) is 7. The van der Waals surface area contributed by atoms with E-state index in [0.29, 0.717) is 28.3 Å². The maximum absolute atomic E-state index is 12.7. The van der Waals surface area contributed by atoms with E-state index in [9.17, 15) is 14.4 Å². The summed E-state index contributed by atoms with van der Waals surface area (Å²) in [6, 6.07) is 6.87. The first-order valence-corrected chi connectivity index (χ1v) is 9.15. The van der Waals surface area contributed by atoms with Crippen molar-refractivity contribution in [2.75, 3.05) is 20.3 Å². The van der Waals surface area contributed by atoms with Crippen LogP contribution in [0, 0.1) is 13.8 Å². The summed E-state index contributed by atoms with van der Waals surface area (Å²) in [7, 11) is 1.49. The maximum atomic E-state index is 12.7. The highest BCUT2D eigenvalue weighted by Gasteiger charge is 2.27. The molecule has 2 rings (SSSR count). The third kappa shape index (κ3) is 5.16. The minimum Gasteiger partial charge on any atom is -0.493 e. The summed E-state index contributed by atoms with van der Waals surface area (Å²) in [5.74, 6) is -0.794. The minimum atomic E-state index is -1.06. The van der Waals surface area contributed by atoms with Crippen molar-refractivity contribution in [2.45, 2.75) is 33.8 Å². The Morgan fingerprint density at radius 2 is 1.76 bits per heavy atom. The first kappa shape index (κ1) is 22.0. The lowest BCUT2D eigenvalue weighted by molar-refractivity contribution is -0.148. The van der Waals surface area contributed by atoms with Gasteiger partial charge in [0.05, 0.1) is 25.0 Å². The summed E-state index contributed by atoms with van der Waals surface area (Å²) >= 11 is 0. The molecule has 0 aliphatic rings. The molecule has 0 saturated heterocycles. The number of ketones is 1. The van der Waals surface area contributed by atoms with Crippen molar-refractivity contribution < 1.29 is 33.3 Å². The van der Waals surface area contributed by atoms with Gasteiger partial charge in [0.15, 0.2) is 24.2 Å². The topological polar surface area (TPSA) is 104 Å². The molecule has 0 saturated carbocycles. The third-order valence-electron chi connectivity index (χ3n) is 4.26. The smallest absolute Gasteiger partial charge is 0.344 e. The molecule has 0 spiro atoms. The molecular weight excluding hydrogens is 378 g/mol. The number of benzene rings is 1. The van der Waals surface area contributed by atoms with Gasteiger partial charge in [0, 0.05) is 5.69 Å². The number of rotatable bonds is 9. The SMILES string of the molecule is CCOC(=O)c1c(C)[nH]c(C(=O)[C@@H](C)OC(=O)COc2ccccc2OC)c1C. The first-order valence-electron chi connectivity index (χ1n) is 9.15. The number of aryl methyl sites for hydroxylation is 1. The van der Waals surface area contributed by atoms with E-state index in [1.54, 1.807) is 45.0 Å². The Bertz CT molecular complexity index is 900. The van der Waals surface area contributed by atoms with E-state index in [1.807, 2.05) is 0 Å². The molecule has 8 nitrogen and oxygen atoms in total. The summed E-state index contributed by atoms with van der Waals surface area (Å²) in [5.41, 5.74) is 1.49. The second-order valence-corrected chi connectivity index (χ2v) is 6.28. The molecule has 0 bridgehead atoms. The van der Waals surface area contributed by atoms with Crippen LogP contribution in [0.4, 0.5) is 0 Å². The van der Waals surface area contributed by atoms with E-state index in [-0.39, 0.29) is 18.9 Å². The van der Waals surface area contributed by atoms with E-state index in [1.165, 1.54) is 14.0 Å². The molecule has 0 amide bonds. The van der Waals surface area contributed by atoms with E-state index < -0.39 is 23.8 Å². The summed E-state index contributed by atoms with van der Waals surface area (Å²) in [5, 5.41) is 0. The summed E-state index contributed by atoms with van der Waals surface area (Å²) in [4.78, 5) is 39.8. The van der Waals surface area contributed by atoms with Crippen LogP contribution in [-0.2, 0) is 14.3 Å². The zero-order valence-corrected chi connectivity index (χ0v) is 17.2. The maximum Gasteiger partial charge on any atom is 0.344 e. The number of aromatic amines is 1. The number of esters is 2. The van der Waals surface area contributed by atoms with Gasteiger partial charge < -0.3 is 23.9 Å². The molecular formula is C21H25NO7. The van der Waals surface area contributed by atoms with Gasteiger partial charge in [0.2, 0.25) is 5.78 Å². The van der Waals surface area contributed by atoms with Gasteiger partial charge in [-0.25, -0.2) is 9.59 Å². The molecule has 8 heteroatoms. The fourth-order valence-corrected chi connectivity index (χ4v) is 2.87. The predicted molar refractivity (Wildman–Crippen MR) is 105 cm³/mol. The monoisotopic (exact) mass is 403 g/mol. The van der Waals surface area contributed by atoms with Crippen LogP contribution in [0.2, 0.25) is 0 Å². The van der Waals surface area contributed by atoms with Crippen LogP contribution in [0.1, 0.15) is 46.0 Å². The summed E-state index contributed by atoms with van der Waals surface area (Å²) in [6.07, 6.45) is -1.06. The molecule has 0 aliphatic carbocycles. The van der Waals surface area contributed by atoms with E-state index in [0.717, 1.165) is 0 Å². The van der Waals surface area contributed by atoms with Crippen LogP contribution in [0.3, 0.4) is 0 Å². The second kappa shape index (κ2) is 9.77. The lowest BCUT2D eigenvalue weighted by Gasteiger charge is -2.14. The van der Waals surface area contributed by atoms with Crippen molar-refractivity contribution in [3.63, 3.8) is 0 Å². The number of H-pyrrole nitrogens is 1. The summed E-state index contributed by atoms with van der Waals surface area (Å²) < 4.78 is 20.7. The quantitative estimate of drug-likeness (QED) is 0.507. The molecule has 2 aromatic rings. The standard InChI is InChI=1S/C21H25NO7/c1-6-27-21(25)18-12(2)19(22-13(18)3)20(24)14(4)29-17(23)11-28-16-10-8-7-9-15(16)26-5/h7-10,14,22H,6,11H2,1-5H3/t14-/m1/s1. The number of para-hydroxylation sites is 2. The number of aromatic nitrogens is 1. The Morgan fingerprint density at radius 3 is 2.38 bits per heavy atom. The highest BCUT2D eigenvalue weighted by atomic mass is 16.6. The second-order valence-electron chi connectivity index (χ2n) is 6.28. The highest BCUT2D eigenvalue weighted by Crippen LogP contribution is 2.26. The van der Waals surface area contributed by atoms with Gasteiger partial charge in [-0.2, -0.15) is 0 Å². The molecule has 1 N–H and O–H groups in total. The number of Topliss-reactive ketones (excluding diaryl/α,β-unsaturated/α-hetero) is 1. The number of nitrogens with one attached hydrogen (secondary N) is 1. The van der Waals surface area contributed by atoms with Gasteiger partial charge in [-0.05, 0) is 45.4 Å². The van der Waals surface area contributed by atoms with Gasteiger partial charge >= 0.3 is 11.9 Å². The number of carbonyl (C=O) groups excluding carboxylic acids is 3. The molecule has 29 heavy (non-hydrogen) atoms. The summed E-state index contributed by atoms with van der Waals surface area (Å²) in [6.45, 7) is 6.33. The Hall–Kier alpha value is -3.29. The fraction of sp³-hybridized carbons (Fsp3) is 0.381. The van der Waals surface area contributed by atoms with Crippen molar-refractivity contribution in [3.05, 3.63) is 46.8 Å². The lowest BCUT2D eigenvalue weighted by atomic mass is 10.1. The van der Waals surface area contributed by atoms with Crippen molar-refractivity contribution in [1.29, 1.82) is 0 Å².